The van der Waals surface area contributed by atoms with E-state index in [9.17, 15) is 19.3 Å². The third-order valence-corrected chi connectivity index (χ3v) is 4.97. The van der Waals surface area contributed by atoms with Crippen molar-refractivity contribution >= 4 is 12.1 Å². The Morgan fingerprint density at radius 1 is 1.31 bits per heavy atom. The molecule has 2 aromatic heterocycles. The monoisotopic (exact) mass is 403 g/mol. The van der Waals surface area contributed by atoms with Crippen LogP contribution >= 0.6 is 0 Å². The number of likely N-dealkylation sites (tertiary alicyclic amines) is 1. The second-order valence-electron chi connectivity index (χ2n) is 6.83. The number of aromatic nitrogens is 2. The van der Waals surface area contributed by atoms with Gasteiger partial charge in [-0.15, -0.1) is 5.10 Å². The van der Waals surface area contributed by atoms with E-state index in [0.29, 0.717) is 43.2 Å². The number of piperidine rings is 1. The van der Waals surface area contributed by atoms with Gasteiger partial charge in [-0.2, -0.15) is 0 Å². The largest absolute Gasteiger partial charge is 0.434 e. The zero-order chi connectivity index (χ0) is 20.4. The molecule has 0 saturated carbocycles. The van der Waals surface area contributed by atoms with Crippen molar-refractivity contribution in [2.45, 2.75) is 31.4 Å². The van der Waals surface area contributed by atoms with Crippen LogP contribution in [0.5, 0.6) is 0 Å². The predicted octanol–water partition coefficient (Wildman–Crippen LogP) is 2.67. The first kappa shape index (κ1) is 18.8. The highest BCUT2D eigenvalue weighted by molar-refractivity contribution is 5.77. The van der Waals surface area contributed by atoms with Crippen molar-refractivity contribution in [3.63, 3.8) is 0 Å². The fraction of sp³-hybridized carbons (Fsp3) is 0.389. The molecule has 2 aliphatic rings. The van der Waals surface area contributed by atoms with E-state index in [1.54, 1.807) is 12.2 Å². The summed E-state index contributed by atoms with van der Waals surface area (Å²) in [5.74, 6) is -0.259. The molecule has 0 radical (unpaired) electrons. The number of hydrogen-bond acceptors (Lipinski definition) is 8. The first-order valence-electron chi connectivity index (χ1n) is 9.13. The summed E-state index contributed by atoms with van der Waals surface area (Å²) in [6, 6.07) is 2.68. The molecule has 2 aromatic rings. The standard InChI is InChI=1S/C18H18FN5O5/c19-14-9-12(20-10-13-2-4-16(28-13)24(26)27)1-3-15(14)23-7-5-11(6-8-23)17-21-22-18(25)29-17/h1-4,10-11,14H,5-9H2,(H,22,25)/b20-10+. The lowest BCUT2D eigenvalue weighted by molar-refractivity contribution is -0.402. The second kappa shape index (κ2) is 7.86. The molecule has 0 spiro atoms. The van der Waals surface area contributed by atoms with Crippen LogP contribution in [-0.4, -0.2) is 45.5 Å². The smallest absolute Gasteiger partial charge is 0.400 e. The maximum atomic E-state index is 14.7. The third kappa shape index (κ3) is 4.18. The van der Waals surface area contributed by atoms with Gasteiger partial charge in [-0.3, -0.25) is 15.1 Å². The summed E-state index contributed by atoms with van der Waals surface area (Å²) in [4.78, 5) is 27.2. The molecule has 1 atom stereocenters. The maximum absolute atomic E-state index is 14.7. The van der Waals surface area contributed by atoms with Gasteiger partial charge in [0.1, 0.15) is 11.1 Å². The van der Waals surface area contributed by atoms with Crippen LogP contribution in [0.1, 0.15) is 36.8 Å². The number of H-pyrrole nitrogens is 1. The number of aromatic amines is 1. The summed E-state index contributed by atoms with van der Waals surface area (Å²) in [5, 5.41) is 16.8. The molecule has 1 fully saturated rings. The lowest BCUT2D eigenvalue weighted by Gasteiger charge is -2.36. The molecule has 1 N–H and O–H groups in total. The number of nitrogens with one attached hydrogen (secondary N) is 1. The van der Waals surface area contributed by atoms with Crippen LogP contribution in [0.2, 0.25) is 0 Å². The van der Waals surface area contributed by atoms with Crippen molar-refractivity contribution in [1.82, 2.24) is 15.1 Å². The summed E-state index contributed by atoms with van der Waals surface area (Å²) < 4.78 is 24.7. The van der Waals surface area contributed by atoms with Gasteiger partial charge in [-0.05, 0) is 31.1 Å². The summed E-state index contributed by atoms with van der Waals surface area (Å²) >= 11 is 0. The molecule has 3 heterocycles. The number of allylic oxidation sites excluding steroid dienone is 4. The minimum Gasteiger partial charge on any atom is -0.400 e. The van der Waals surface area contributed by atoms with Crippen LogP contribution in [0.3, 0.4) is 0 Å². The minimum absolute atomic E-state index is 0.0421. The van der Waals surface area contributed by atoms with E-state index >= 15 is 0 Å². The van der Waals surface area contributed by atoms with E-state index in [1.807, 2.05) is 4.90 Å². The van der Waals surface area contributed by atoms with E-state index < -0.39 is 16.9 Å². The van der Waals surface area contributed by atoms with Gasteiger partial charge in [0.2, 0.25) is 5.89 Å². The quantitative estimate of drug-likeness (QED) is 0.461. The van der Waals surface area contributed by atoms with Crippen molar-refractivity contribution in [3.05, 3.63) is 68.0 Å². The zero-order valence-electron chi connectivity index (χ0n) is 15.3. The molecular weight excluding hydrogens is 385 g/mol. The Labute approximate surface area is 163 Å². The van der Waals surface area contributed by atoms with E-state index in [0.717, 1.165) is 0 Å². The van der Waals surface area contributed by atoms with Gasteiger partial charge in [0.25, 0.3) is 0 Å². The molecule has 10 nitrogen and oxygen atoms in total. The van der Waals surface area contributed by atoms with E-state index in [-0.39, 0.29) is 24.0 Å². The number of halogens is 1. The number of nitrogens with zero attached hydrogens (tertiary/aromatic N) is 4. The van der Waals surface area contributed by atoms with Gasteiger partial charge >= 0.3 is 11.6 Å². The molecule has 11 heteroatoms. The van der Waals surface area contributed by atoms with E-state index in [1.165, 1.54) is 18.3 Å². The van der Waals surface area contributed by atoms with Crippen LogP contribution in [0, 0.1) is 10.1 Å². The van der Waals surface area contributed by atoms with Crippen molar-refractivity contribution in [1.29, 1.82) is 0 Å². The van der Waals surface area contributed by atoms with Crippen molar-refractivity contribution in [2.75, 3.05) is 13.1 Å². The summed E-state index contributed by atoms with van der Waals surface area (Å²) in [7, 11) is 0. The normalized spacial score (nSPS) is 20.7. The molecule has 0 amide bonds. The van der Waals surface area contributed by atoms with Crippen LogP contribution in [0.4, 0.5) is 10.3 Å². The zero-order valence-corrected chi connectivity index (χ0v) is 15.3. The Morgan fingerprint density at radius 3 is 2.72 bits per heavy atom. The van der Waals surface area contributed by atoms with Crippen molar-refractivity contribution in [3.8, 4) is 0 Å². The maximum Gasteiger partial charge on any atom is 0.434 e. The van der Waals surface area contributed by atoms with Gasteiger partial charge in [0.05, 0.1) is 12.3 Å². The van der Waals surface area contributed by atoms with Crippen LogP contribution < -0.4 is 5.76 Å². The lowest BCUT2D eigenvalue weighted by Crippen LogP contribution is -2.36. The van der Waals surface area contributed by atoms with E-state index in [2.05, 4.69) is 15.2 Å². The molecule has 4 rings (SSSR count). The number of nitro groups is 1. The van der Waals surface area contributed by atoms with Gasteiger partial charge in [0.15, 0.2) is 5.76 Å². The summed E-state index contributed by atoms with van der Waals surface area (Å²) in [5.41, 5.74) is 1.12. The average Bonchev–Trinajstić information content (AvgIpc) is 3.36. The summed E-state index contributed by atoms with van der Waals surface area (Å²) in [6.45, 7) is 1.27. The summed E-state index contributed by atoms with van der Waals surface area (Å²) in [6.07, 6.45) is 5.12. The Balaban J connectivity index is 1.38. The number of hydrogen-bond donors (Lipinski definition) is 1. The highest BCUT2D eigenvalue weighted by Crippen LogP contribution is 2.32. The number of alkyl halides is 1. The SMILES string of the molecule is O=c1[nH]nc(C2CCN(C3=CC=C(/N=C/c4ccc([N+](=O)[O-])o4)CC3F)CC2)o1. The number of rotatable bonds is 5. The second-order valence-corrected chi connectivity index (χ2v) is 6.83. The van der Waals surface area contributed by atoms with Crippen molar-refractivity contribution < 1.29 is 18.1 Å². The Morgan fingerprint density at radius 2 is 2.10 bits per heavy atom. The van der Waals surface area contributed by atoms with Gasteiger partial charge in [-0.1, -0.05) is 0 Å². The Kier molecular flexibility index (Phi) is 5.10. The molecule has 1 unspecified atom stereocenters. The lowest BCUT2D eigenvalue weighted by atomic mass is 9.95. The molecule has 1 saturated heterocycles. The predicted molar refractivity (Wildman–Crippen MR) is 99.3 cm³/mol. The molecular formula is C18H18FN5O5. The number of aliphatic imine (C=N–C) groups is 1. The molecule has 0 aromatic carbocycles. The van der Waals surface area contributed by atoms with Gasteiger partial charge < -0.3 is 13.7 Å². The molecule has 1 aliphatic heterocycles. The molecule has 0 bridgehead atoms. The van der Waals surface area contributed by atoms with Gasteiger partial charge in [0, 0.05) is 36.8 Å². The van der Waals surface area contributed by atoms with E-state index in [4.69, 9.17) is 8.83 Å². The number of furan rings is 1. The molecule has 152 valence electrons. The first-order valence-corrected chi connectivity index (χ1v) is 9.13. The Bertz CT molecular complexity index is 1040. The van der Waals surface area contributed by atoms with Crippen molar-refractivity contribution in [2.24, 2.45) is 4.99 Å². The molecule has 29 heavy (non-hydrogen) atoms. The third-order valence-electron chi connectivity index (χ3n) is 4.97. The van der Waals surface area contributed by atoms with Crippen LogP contribution in [0.25, 0.3) is 0 Å². The Hall–Kier alpha value is -3.50. The average molecular weight is 403 g/mol. The highest BCUT2D eigenvalue weighted by atomic mass is 19.1. The fourth-order valence-electron chi connectivity index (χ4n) is 3.50. The topological polar surface area (TPSA) is 131 Å². The van der Waals surface area contributed by atoms with Gasteiger partial charge in [-0.25, -0.2) is 14.3 Å². The first-order chi connectivity index (χ1) is 14.0. The minimum atomic E-state index is -1.20. The van der Waals surface area contributed by atoms with Crippen LogP contribution in [-0.2, 0) is 0 Å². The molecule has 1 aliphatic carbocycles. The van der Waals surface area contributed by atoms with Crippen LogP contribution in [0.15, 0.2) is 54.3 Å². The highest BCUT2D eigenvalue weighted by Gasteiger charge is 2.29. The fourth-order valence-corrected chi connectivity index (χ4v) is 3.50.